The zero-order valence-electron chi connectivity index (χ0n) is 12.9. The number of hydrogen-bond acceptors (Lipinski definition) is 3. The number of halogens is 3. The van der Waals surface area contributed by atoms with Crippen molar-refractivity contribution in [3.63, 3.8) is 0 Å². The second kappa shape index (κ2) is 6.74. The van der Waals surface area contributed by atoms with Crippen molar-refractivity contribution >= 4 is 17.6 Å². The lowest BCUT2D eigenvalue weighted by atomic mass is 10.0. The van der Waals surface area contributed by atoms with Crippen LogP contribution in [-0.2, 0) is 10.9 Å². The molecule has 4 nitrogen and oxygen atoms in total. The molecule has 126 valence electrons. The van der Waals surface area contributed by atoms with Crippen LogP contribution in [0.3, 0.4) is 0 Å². The van der Waals surface area contributed by atoms with Gasteiger partial charge in [0.2, 0.25) is 0 Å². The Balaban J connectivity index is 2.43. The van der Waals surface area contributed by atoms with Crippen LogP contribution in [0.1, 0.15) is 31.8 Å². The minimum absolute atomic E-state index is 0.0869. The maximum absolute atomic E-state index is 13.0. The fourth-order valence-electron chi connectivity index (χ4n) is 2.26. The number of rotatable bonds is 3. The first-order chi connectivity index (χ1) is 11.3. The number of hydrogen-bond donors (Lipinski definition) is 1. The Hall–Kier alpha value is -2.83. The van der Waals surface area contributed by atoms with E-state index in [0.717, 1.165) is 12.1 Å². The lowest BCUT2D eigenvalue weighted by Crippen LogP contribution is -2.20. The Labute approximate surface area is 136 Å². The normalized spacial score (nSPS) is 11.0. The Bertz CT molecular complexity index is 785. The number of amides is 1. The zero-order valence-corrected chi connectivity index (χ0v) is 12.9. The molecule has 0 unspecified atom stereocenters. The van der Waals surface area contributed by atoms with Gasteiger partial charge < -0.3 is 10.1 Å². The second-order valence-electron chi connectivity index (χ2n) is 4.99. The molecule has 7 heteroatoms. The quantitative estimate of drug-likeness (QED) is 0.860. The summed E-state index contributed by atoms with van der Waals surface area (Å²) in [6.45, 7) is 1.63. The van der Waals surface area contributed by atoms with E-state index in [2.05, 4.69) is 10.1 Å². The van der Waals surface area contributed by atoms with Crippen molar-refractivity contribution in [1.29, 1.82) is 0 Å². The van der Waals surface area contributed by atoms with Gasteiger partial charge in [-0.05, 0) is 30.7 Å². The van der Waals surface area contributed by atoms with Crippen LogP contribution in [0.4, 0.5) is 18.9 Å². The molecule has 0 atom stereocenters. The topological polar surface area (TPSA) is 55.4 Å². The van der Waals surface area contributed by atoms with Crippen LogP contribution in [0.2, 0.25) is 0 Å². The predicted octanol–water partition coefficient (Wildman–Crippen LogP) is 4.05. The summed E-state index contributed by atoms with van der Waals surface area (Å²) in [6, 6.07) is 9.07. The third-order valence-corrected chi connectivity index (χ3v) is 3.39. The van der Waals surface area contributed by atoms with Crippen molar-refractivity contribution in [2.24, 2.45) is 0 Å². The number of carbonyl (C=O) groups excluding carboxylic acids is 2. The van der Waals surface area contributed by atoms with Gasteiger partial charge in [-0.3, -0.25) is 4.79 Å². The van der Waals surface area contributed by atoms with Crippen LogP contribution in [0.15, 0.2) is 42.5 Å². The fraction of sp³-hybridized carbons (Fsp3) is 0.176. The van der Waals surface area contributed by atoms with E-state index in [1.54, 1.807) is 19.1 Å². The van der Waals surface area contributed by atoms with Crippen LogP contribution < -0.4 is 5.32 Å². The van der Waals surface area contributed by atoms with Crippen molar-refractivity contribution in [3.8, 4) is 0 Å². The number of methoxy groups -OCH3 is 1. The molecule has 2 aromatic carbocycles. The summed E-state index contributed by atoms with van der Waals surface area (Å²) in [5.74, 6) is -1.65. The predicted molar refractivity (Wildman–Crippen MR) is 81.9 cm³/mol. The summed E-state index contributed by atoms with van der Waals surface area (Å²) >= 11 is 0. The maximum atomic E-state index is 13.0. The summed E-state index contributed by atoms with van der Waals surface area (Å²) in [4.78, 5) is 24.1. The monoisotopic (exact) mass is 337 g/mol. The van der Waals surface area contributed by atoms with Gasteiger partial charge >= 0.3 is 12.1 Å². The number of benzene rings is 2. The van der Waals surface area contributed by atoms with Crippen LogP contribution in [-0.4, -0.2) is 19.0 Å². The molecule has 0 radical (unpaired) electrons. The molecule has 0 aliphatic heterocycles. The van der Waals surface area contributed by atoms with Crippen molar-refractivity contribution in [3.05, 3.63) is 64.7 Å². The number of esters is 1. The van der Waals surface area contributed by atoms with Crippen molar-refractivity contribution in [2.45, 2.75) is 13.1 Å². The van der Waals surface area contributed by atoms with Crippen LogP contribution >= 0.6 is 0 Å². The van der Waals surface area contributed by atoms with E-state index in [9.17, 15) is 22.8 Å². The van der Waals surface area contributed by atoms with E-state index >= 15 is 0 Å². The van der Waals surface area contributed by atoms with E-state index < -0.39 is 29.2 Å². The summed E-state index contributed by atoms with van der Waals surface area (Å²) in [6.07, 6.45) is -4.66. The average molecular weight is 337 g/mol. The molecule has 1 N–H and O–H groups in total. The molecule has 0 heterocycles. The van der Waals surface area contributed by atoms with E-state index in [1.165, 1.54) is 25.3 Å². The average Bonchev–Trinajstić information content (AvgIpc) is 2.53. The van der Waals surface area contributed by atoms with Gasteiger partial charge in [0.05, 0.1) is 29.5 Å². The molecule has 24 heavy (non-hydrogen) atoms. The van der Waals surface area contributed by atoms with Gasteiger partial charge in [-0.15, -0.1) is 0 Å². The number of anilines is 1. The molecule has 0 bridgehead atoms. The summed E-state index contributed by atoms with van der Waals surface area (Å²) < 4.78 is 43.7. The molecule has 0 aliphatic carbocycles. The summed E-state index contributed by atoms with van der Waals surface area (Å²) in [7, 11) is 1.18. The fourth-order valence-corrected chi connectivity index (χ4v) is 2.26. The maximum Gasteiger partial charge on any atom is 0.417 e. The first-order valence-electron chi connectivity index (χ1n) is 6.91. The van der Waals surface area contributed by atoms with E-state index in [1.807, 2.05) is 0 Å². The molecule has 1 amide bonds. The zero-order chi connectivity index (χ0) is 17.9. The van der Waals surface area contributed by atoms with Gasteiger partial charge in [0.25, 0.3) is 5.91 Å². The molecular weight excluding hydrogens is 323 g/mol. The van der Waals surface area contributed by atoms with Gasteiger partial charge in [-0.25, -0.2) is 4.79 Å². The first kappa shape index (κ1) is 17.5. The molecule has 2 rings (SSSR count). The highest BCUT2D eigenvalue weighted by Crippen LogP contribution is 2.32. The first-order valence-corrected chi connectivity index (χ1v) is 6.91. The lowest BCUT2D eigenvalue weighted by molar-refractivity contribution is -0.137. The van der Waals surface area contributed by atoms with Gasteiger partial charge in [0, 0.05) is 0 Å². The number of ether oxygens (including phenoxy) is 1. The Morgan fingerprint density at radius 1 is 1.04 bits per heavy atom. The van der Waals surface area contributed by atoms with Gasteiger partial charge in [-0.2, -0.15) is 13.2 Å². The minimum atomic E-state index is -4.66. The third-order valence-electron chi connectivity index (χ3n) is 3.39. The highest BCUT2D eigenvalue weighted by atomic mass is 19.4. The minimum Gasteiger partial charge on any atom is -0.465 e. The SMILES string of the molecule is COC(=O)c1c(C)cccc1NC(=O)c1ccccc1C(F)(F)F. The largest absolute Gasteiger partial charge is 0.465 e. The highest BCUT2D eigenvalue weighted by molar-refractivity contribution is 6.09. The lowest BCUT2D eigenvalue weighted by Gasteiger charge is -2.15. The number of aryl methyl sites for hydroxylation is 1. The molecule has 0 saturated carbocycles. The van der Waals surface area contributed by atoms with Gasteiger partial charge in [0.1, 0.15) is 0 Å². The Morgan fingerprint density at radius 2 is 1.71 bits per heavy atom. The number of carbonyl (C=O) groups is 2. The van der Waals surface area contributed by atoms with Crippen molar-refractivity contribution < 1.29 is 27.5 Å². The molecule has 0 fully saturated rings. The molecule has 0 saturated heterocycles. The van der Waals surface area contributed by atoms with Crippen molar-refractivity contribution in [2.75, 3.05) is 12.4 Å². The van der Waals surface area contributed by atoms with Crippen molar-refractivity contribution in [1.82, 2.24) is 0 Å². The summed E-state index contributed by atoms with van der Waals surface area (Å²) in [5.41, 5.74) is -0.859. The number of nitrogens with one attached hydrogen (secondary N) is 1. The molecule has 0 aliphatic rings. The molecule has 2 aromatic rings. The Morgan fingerprint density at radius 3 is 2.33 bits per heavy atom. The van der Waals surface area contributed by atoms with Gasteiger partial charge in [-0.1, -0.05) is 24.3 Å². The number of alkyl halides is 3. The standard InChI is InChI=1S/C17H14F3NO3/c1-10-6-5-9-13(14(10)16(23)24-2)21-15(22)11-7-3-4-8-12(11)17(18,19)20/h3-9H,1-2H3,(H,21,22). The smallest absolute Gasteiger partial charge is 0.417 e. The van der Waals surface area contributed by atoms with Gasteiger partial charge in [0.15, 0.2) is 0 Å². The Kier molecular flexibility index (Phi) is 4.92. The van der Waals surface area contributed by atoms with E-state index in [0.29, 0.717) is 5.56 Å². The second-order valence-corrected chi connectivity index (χ2v) is 4.99. The highest BCUT2D eigenvalue weighted by Gasteiger charge is 2.35. The van der Waals surface area contributed by atoms with E-state index in [-0.39, 0.29) is 11.3 Å². The molecule has 0 spiro atoms. The third kappa shape index (κ3) is 3.56. The summed E-state index contributed by atoms with van der Waals surface area (Å²) in [5, 5.41) is 2.36. The van der Waals surface area contributed by atoms with Crippen LogP contribution in [0.25, 0.3) is 0 Å². The van der Waals surface area contributed by atoms with E-state index in [4.69, 9.17) is 0 Å². The molecule has 0 aromatic heterocycles. The van der Waals surface area contributed by atoms with Crippen LogP contribution in [0.5, 0.6) is 0 Å². The van der Waals surface area contributed by atoms with Crippen LogP contribution in [0, 0.1) is 6.92 Å². The molecular formula is C17H14F3NO3.